The standard InChI is InChI=1S/C14H18BrFN2O/c15-12-10-11(4-5-13(12)16)14(19)17-6-3-9-18-7-1-2-8-18/h4-5,10H,1-3,6-9H2,(H,17,19). The second-order valence-electron chi connectivity index (χ2n) is 4.79. The molecule has 1 aliphatic heterocycles. The topological polar surface area (TPSA) is 32.3 Å². The summed E-state index contributed by atoms with van der Waals surface area (Å²) in [5, 5.41) is 2.86. The molecule has 0 aliphatic carbocycles. The molecular formula is C14H18BrFN2O. The number of rotatable bonds is 5. The van der Waals surface area contributed by atoms with Crippen molar-refractivity contribution in [1.29, 1.82) is 0 Å². The van der Waals surface area contributed by atoms with Crippen LogP contribution in [0, 0.1) is 5.82 Å². The minimum Gasteiger partial charge on any atom is -0.352 e. The number of amides is 1. The summed E-state index contributed by atoms with van der Waals surface area (Å²) in [4.78, 5) is 14.3. The lowest BCUT2D eigenvalue weighted by atomic mass is 10.2. The Morgan fingerprint density at radius 3 is 2.79 bits per heavy atom. The van der Waals surface area contributed by atoms with Gasteiger partial charge in [0.05, 0.1) is 4.47 Å². The van der Waals surface area contributed by atoms with E-state index in [-0.39, 0.29) is 11.7 Å². The van der Waals surface area contributed by atoms with Gasteiger partial charge in [0.25, 0.3) is 5.91 Å². The van der Waals surface area contributed by atoms with Crippen molar-refractivity contribution in [1.82, 2.24) is 10.2 Å². The third kappa shape index (κ3) is 4.28. The molecule has 0 atom stereocenters. The first-order valence-electron chi connectivity index (χ1n) is 6.62. The lowest BCUT2D eigenvalue weighted by Crippen LogP contribution is -2.28. The predicted octanol–water partition coefficient (Wildman–Crippen LogP) is 2.80. The molecule has 3 nitrogen and oxygen atoms in total. The molecule has 0 saturated carbocycles. The Labute approximate surface area is 121 Å². The molecule has 5 heteroatoms. The number of halogens is 2. The van der Waals surface area contributed by atoms with Crippen molar-refractivity contribution in [3.8, 4) is 0 Å². The van der Waals surface area contributed by atoms with Crippen LogP contribution in [-0.2, 0) is 0 Å². The van der Waals surface area contributed by atoms with Gasteiger partial charge in [-0.15, -0.1) is 0 Å². The van der Waals surface area contributed by atoms with Crippen LogP contribution in [0.5, 0.6) is 0 Å². The number of nitrogens with zero attached hydrogens (tertiary/aromatic N) is 1. The lowest BCUT2D eigenvalue weighted by molar-refractivity contribution is 0.0952. The van der Waals surface area contributed by atoms with Crippen molar-refractivity contribution >= 4 is 21.8 Å². The summed E-state index contributed by atoms with van der Waals surface area (Å²) in [5.41, 5.74) is 0.481. The fourth-order valence-electron chi connectivity index (χ4n) is 2.25. The van der Waals surface area contributed by atoms with Crippen molar-refractivity contribution < 1.29 is 9.18 Å². The number of hydrogen-bond acceptors (Lipinski definition) is 2. The molecule has 0 aromatic heterocycles. The molecule has 2 rings (SSSR count). The summed E-state index contributed by atoms with van der Waals surface area (Å²) in [7, 11) is 0. The van der Waals surface area contributed by atoms with Gasteiger partial charge in [-0.3, -0.25) is 4.79 Å². The number of likely N-dealkylation sites (tertiary alicyclic amines) is 1. The Kier molecular flexibility index (Phi) is 5.34. The minimum absolute atomic E-state index is 0.151. The molecule has 1 saturated heterocycles. The fraction of sp³-hybridized carbons (Fsp3) is 0.500. The monoisotopic (exact) mass is 328 g/mol. The highest BCUT2D eigenvalue weighted by molar-refractivity contribution is 9.10. The second-order valence-corrected chi connectivity index (χ2v) is 5.64. The van der Waals surface area contributed by atoms with Gasteiger partial charge in [-0.1, -0.05) is 0 Å². The first-order chi connectivity index (χ1) is 9.16. The van der Waals surface area contributed by atoms with Gasteiger partial charge in [0, 0.05) is 12.1 Å². The maximum absolute atomic E-state index is 13.1. The van der Waals surface area contributed by atoms with E-state index >= 15 is 0 Å². The normalized spacial score (nSPS) is 15.7. The van der Waals surface area contributed by atoms with Gasteiger partial charge in [-0.2, -0.15) is 0 Å². The zero-order chi connectivity index (χ0) is 13.7. The van der Waals surface area contributed by atoms with Crippen LogP contribution in [0.25, 0.3) is 0 Å². The Hall–Kier alpha value is -0.940. The van der Waals surface area contributed by atoms with Gasteiger partial charge in [-0.25, -0.2) is 4.39 Å². The van der Waals surface area contributed by atoms with Gasteiger partial charge in [0.15, 0.2) is 0 Å². The molecule has 0 radical (unpaired) electrons. The van der Waals surface area contributed by atoms with E-state index in [1.807, 2.05) is 0 Å². The van der Waals surface area contributed by atoms with Gasteiger partial charge in [-0.05, 0) is 73.0 Å². The van der Waals surface area contributed by atoms with Crippen LogP contribution in [-0.4, -0.2) is 37.0 Å². The molecule has 1 aliphatic rings. The maximum atomic E-state index is 13.1. The van der Waals surface area contributed by atoms with E-state index in [1.54, 1.807) is 0 Å². The molecule has 1 aromatic rings. The average molecular weight is 329 g/mol. The third-order valence-electron chi connectivity index (χ3n) is 3.32. The lowest BCUT2D eigenvalue weighted by Gasteiger charge is -2.14. The Morgan fingerprint density at radius 1 is 1.37 bits per heavy atom. The van der Waals surface area contributed by atoms with E-state index in [1.165, 1.54) is 44.1 Å². The number of benzene rings is 1. The SMILES string of the molecule is O=C(NCCCN1CCCC1)c1ccc(F)c(Br)c1. The maximum Gasteiger partial charge on any atom is 0.251 e. The summed E-state index contributed by atoms with van der Waals surface area (Å²) in [6.07, 6.45) is 3.53. The Balaban J connectivity index is 1.72. The molecule has 1 amide bonds. The zero-order valence-corrected chi connectivity index (χ0v) is 12.4. The highest BCUT2D eigenvalue weighted by Gasteiger charge is 2.11. The van der Waals surface area contributed by atoms with Crippen LogP contribution in [0.2, 0.25) is 0 Å². The number of hydrogen-bond donors (Lipinski definition) is 1. The fourth-order valence-corrected chi connectivity index (χ4v) is 2.63. The first-order valence-corrected chi connectivity index (χ1v) is 7.42. The predicted molar refractivity (Wildman–Crippen MR) is 76.7 cm³/mol. The van der Waals surface area contributed by atoms with E-state index in [9.17, 15) is 9.18 Å². The smallest absolute Gasteiger partial charge is 0.251 e. The highest BCUT2D eigenvalue weighted by Crippen LogP contribution is 2.16. The van der Waals surface area contributed by atoms with E-state index in [2.05, 4.69) is 26.1 Å². The van der Waals surface area contributed by atoms with E-state index in [0.717, 1.165) is 13.0 Å². The van der Waals surface area contributed by atoms with E-state index in [4.69, 9.17) is 0 Å². The highest BCUT2D eigenvalue weighted by atomic mass is 79.9. The minimum atomic E-state index is -0.356. The third-order valence-corrected chi connectivity index (χ3v) is 3.92. The van der Waals surface area contributed by atoms with Gasteiger partial charge in [0.2, 0.25) is 0 Å². The summed E-state index contributed by atoms with van der Waals surface area (Å²) in [6, 6.07) is 4.30. The van der Waals surface area contributed by atoms with Gasteiger partial charge >= 0.3 is 0 Å². The van der Waals surface area contributed by atoms with Crippen molar-refractivity contribution in [2.45, 2.75) is 19.3 Å². The quantitative estimate of drug-likeness (QED) is 0.843. The summed E-state index contributed by atoms with van der Waals surface area (Å²) in [5.74, 6) is -0.507. The van der Waals surface area contributed by atoms with Crippen molar-refractivity contribution in [2.24, 2.45) is 0 Å². The van der Waals surface area contributed by atoms with Crippen LogP contribution in [0.4, 0.5) is 4.39 Å². The molecule has 1 N–H and O–H groups in total. The number of carbonyl (C=O) groups excluding carboxylic acids is 1. The molecule has 0 spiro atoms. The van der Waals surface area contributed by atoms with Crippen LogP contribution in [0.3, 0.4) is 0 Å². The van der Waals surface area contributed by atoms with Crippen molar-refractivity contribution in [3.63, 3.8) is 0 Å². The van der Waals surface area contributed by atoms with E-state index < -0.39 is 0 Å². The van der Waals surface area contributed by atoms with E-state index in [0.29, 0.717) is 16.6 Å². The van der Waals surface area contributed by atoms with Crippen LogP contribution < -0.4 is 5.32 Å². The summed E-state index contributed by atoms with van der Waals surface area (Å²) >= 11 is 3.08. The Morgan fingerprint density at radius 2 is 2.11 bits per heavy atom. The van der Waals surface area contributed by atoms with Crippen molar-refractivity contribution in [3.05, 3.63) is 34.1 Å². The Bertz CT molecular complexity index is 447. The zero-order valence-electron chi connectivity index (χ0n) is 10.8. The molecule has 1 fully saturated rings. The average Bonchev–Trinajstić information content (AvgIpc) is 2.91. The number of nitrogens with one attached hydrogen (secondary N) is 1. The molecule has 0 unspecified atom stereocenters. The van der Waals surface area contributed by atoms with Crippen LogP contribution >= 0.6 is 15.9 Å². The molecule has 0 bridgehead atoms. The first kappa shape index (κ1) is 14.5. The van der Waals surface area contributed by atoms with Crippen molar-refractivity contribution in [2.75, 3.05) is 26.2 Å². The second kappa shape index (κ2) is 7.01. The van der Waals surface area contributed by atoms with Gasteiger partial charge in [0.1, 0.15) is 5.82 Å². The largest absolute Gasteiger partial charge is 0.352 e. The molecule has 1 aromatic carbocycles. The molecule has 19 heavy (non-hydrogen) atoms. The summed E-state index contributed by atoms with van der Waals surface area (Å²) < 4.78 is 13.4. The van der Waals surface area contributed by atoms with Gasteiger partial charge < -0.3 is 10.2 Å². The number of carbonyl (C=O) groups is 1. The summed E-state index contributed by atoms with van der Waals surface area (Å²) in [6.45, 7) is 4.05. The van der Waals surface area contributed by atoms with Crippen LogP contribution in [0.1, 0.15) is 29.6 Å². The van der Waals surface area contributed by atoms with Crippen LogP contribution in [0.15, 0.2) is 22.7 Å². The molecule has 104 valence electrons. The molecular weight excluding hydrogens is 311 g/mol. The molecule has 1 heterocycles.